The minimum Gasteiger partial charge on any atom is -0.332 e. The molecule has 1 N–H and O–H groups in total. The van der Waals surface area contributed by atoms with Crippen molar-refractivity contribution < 1.29 is 13.6 Å². The predicted octanol–water partition coefficient (Wildman–Crippen LogP) is 2.73. The zero-order chi connectivity index (χ0) is 21.3. The van der Waals surface area contributed by atoms with Crippen LogP contribution in [0.3, 0.4) is 0 Å². The van der Waals surface area contributed by atoms with Crippen LogP contribution < -0.4 is 5.56 Å². The van der Waals surface area contributed by atoms with E-state index in [4.69, 9.17) is 0 Å². The van der Waals surface area contributed by atoms with Crippen molar-refractivity contribution >= 4 is 23.3 Å². The monoisotopic (exact) mass is 434 g/mol. The molecule has 3 aromatic heterocycles. The van der Waals surface area contributed by atoms with Crippen molar-refractivity contribution in [3.05, 3.63) is 51.8 Å². The van der Waals surface area contributed by atoms with Crippen LogP contribution in [0.2, 0.25) is 0 Å². The fraction of sp³-hybridized carbons (Fsp3) is 0.421. The highest BCUT2D eigenvalue weighted by atomic mass is 32.2. The van der Waals surface area contributed by atoms with Crippen molar-refractivity contribution in [1.82, 2.24) is 29.5 Å². The van der Waals surface area contributed by atoms with E-state index >= 15 is 0 Å². The lowest BCUT2D eigenvalue weighted by atomic mass is 10.1. The lowest BCUT2D eigenvalue weighted by Crippen LogP contribution is -2.32. The van der Waals surface area contributed by atoms with Crippen molar-refractivity contribution in [3.63, 3.8) is 0 Å². The first kappa shape index (κ1) is 20.5. The first-order valence-electron chi connectivity index (χ1n) is 9.58. The summed E-state index contributed by atoms with van der Waals surface area (Å²) in [5.74, 6) is -2.03. The topological polar surface area (TPSA) is 96.2 Å². The number of pyridine rings is 1. The third-order valence-corrected chi connectivity index (χ3v) is 5.80. The smallest absolute Gasteiger partial charge is 0.291 e. The van der Waals surface area contributed by atoms with Gasteiger partial charge in [0.25, 0.3) is 11.3 Å². The van der Waals surface area contributed by atoms with Gasteiger partial charge in [0.05, 0.1) is 6.04 Å². The lowest BCUT2D eigenvalue weighted by Gasteiger charge is -2.23. The number of rotatable bonds is 6. The summed E-state index contributed by atoms with van der Waals surface area (Å²) in [6.07, 6.45) is 3.84. The quantitative estimate of drug-likeness (QED) is 0.473. The molecule has 1 fully saturated rings. The van der Waals surface area contributed by atoms with Crippen LogP contribution in [-0.4, -0.2) is 47.7 Å². The number of likely N-dealkylation sites (tertiary alicyclic amines) is 1. The maximum atomic E-state index is 12.9. The molecule has 4 rings (SSSR count). The number of alkyl halides is 2. The van der Waals surface area contributed by atoms with Gasteiger partial charge in [-0.15, -0.1) is 10.2 Å². The van der Waals surface area contributed by atoms with Crippen LogP contribution in [0.4, 0.5) is 8.78 Å². The van der Waals surface area contributed by atoms with E-state index in [1.165, 1.54) is 0 Å². The number of carbonyl (C=O) groups excluding carboxylic acids is 1. The van der Waals surface area contributed by atoms with E-state index in [1.54, 1.807) is 11.8 Å². The van der Waals surface area contributed by atoms with Crippen LogP contribution in [0.25, 0.3) is 5.65 Å². The third kappa shape index (κ3) is 4.07. The van der Waals surface area contributed by atoms with Gasteiger partial charge in [-0.05, 0) is 50.1 Å². The fourth-order valence-corrected chi connectivity index (χ4v) is 4.33. The lowest BCUT2D eigenvalue weighted by molar-refractivity contribution is -0.132. The van der Waals surface area contributed by atoms with Gasteiger partial charge in [-0.1, -0.05) is 6.07 Å². The normalized spacial score (nSPS) is 16.7. The largest absolute Gasteiger partial charge is 0.332 e. The number of nitrogens with zero attached hydrogens (tertiary/aromatic N) is 5. The molecule has 1 saturated heterocycles. The van der Waals surface area contributed by atoms with Gasteiger partial charge in [0.1, 0.15) is 0 Å². The van der Waals surface area contributed by atoms with Crippen molar-refractivity contribution in [2.75, 3.05) is 6.54 Å². The Kier molecular flexibility index (Phi) is 5.80. The van der Waals surface area contributed by atoms with E-state index in [9.17, 15) is 18.4 Å². The maximum absolute atomic E-state index is 12.9. The number of aromatic amines is 1. The number of hydrogen-bond donors (Lipinski definition) is 1. The molecule has 3 aromatic rings. The number of thioether (sulfide) groups is 1. The molecule has 4 heterocycles. The van der Waals surface area contributed by atoms with Crippen LogP contribution in [0.5, 0.6) is 0 Å². The van der Waals surface area contributed by atoms with Gasteiger partial charge < -0.3 is 9.88 Å². The highest BCUT2D eigenvalue weighted by Crippen LogP contribution is 2.31. The van der Waals surface area contributed by atoms with Crippen molar-refractivity contribution in [2.24, 2.45) is 0 Å². The maximum Gasteiger partial charge on any atom is 0.291 e. The van der Waals surface area contributed by atoms with E-state index in [0.29, 0.717) is 17.8 Å². The van der Waals surface area contributed by atoms with Crippen molar-refractivity contribution in [1.29, 1.82) is 0 Å². The number of aryl methyl sites for hydroxylation is 1. The molecule has 0 radical (unpaired) electrons. The highest BCUT2D eigenvalue weighted by molar-refractivity contribution is 7.99. The molecule has 0 bridgehead atoms. The summed E-state index contributed by atoms with van der Waals surface area (Å²) >= 11 is 0.190. The fourth-order valence-electron chi connectivity index (χ4n) is 3.82. The van der Waals surface area contributed by atoms with Gasteiger partial charge in [-0.2, -0.15) is 8.78 Å². The number of fused-ring (bicyclic) bond motifs is 1. The minimum atomic E-state index is -2.67. The Hall–Kier alpha value is -2.82. The van der Waals surface area contributed by atoms with E-state index in [1.807, 2.05) is 28.8 Å². The standard InChI is InChI=1S/C19H20F2N6O2S/c1-11-12(17(29)23-19(22-11)30-18(20)21)7-8-15(28)26-10-4-5-13(26)16-25-24-14-6-2-3-9-27(14)16/h2-3,6,9,13,18H,4-5,7-8,10H2,1H3,(H,22,23,29). The Morgan fingerprint density at radius 3 is 2.97 bits per heavy atom. The first-order valence-corrected chi connectivity index (χ1v) is 10.5. The van der Waals surface area contributed by atoms with Crippen LogP contribution in [0.15, 0.2) is 34.3 Å². The van der Waals surface area contributed by atoms with Crippen molar-refractivity contribution in [2.45, 2.75) is 49.6 Å². The van der Waals surface area contributed by atoms with E-state index in [0.717, 1.165) is 24.3 Å². The summed E-state index contributed by atoms with van der Waals surface area (Å²) < 4.78 is 26.9. The molecule has 8 nitrogen and oxygen atoms in total. The second-order valence-electron chi connectivity index (χ2n) is 7.05. The van der Waals surface area contributed by atoms with Crippen molar-refractivity contribution in [3.8, 4) is 0 Å². The van der Waals surface area contributed by atoms with Gasteiger partial charge in [-0.3, -0.25) is 14.0 Å². The number of nitrogens with one attached hydrogen (secondary N) is 1. The molecule has 1 aliphatic rings. The Morgan fingerprint density at radius 2 is 2.20 bits per heavy atom. The van der Waals surface area contributed by atoms with E-state index < -0.39 is 11.3 Å². The number of H-pyrrole nitrogens is 1. The number of hydrogen-bond acceptors (Lipinski definition) is 6. The van der Waals surface area contributed by atoms with Crippen LogP contribution in [0.1, 0.15) is 42.4 Å². The Labute approximate surface area is 174 Å². The van der Waals surface area contributed by atoms with Crippen LogP contribution in [0, 0.1) is 6.92 Å². The Balaban J connectivity index is 1.48. The predicted molar refractivity (Wildman–Crippen MR) is 106 cm³/mol. The summed E-state index contributed by atoms with van der Waals surface area (Å²) in [5.41, 5.74) is 0.934. The molecule has 1 aliphatic heterocycles. The summed E-state index contributed by atoms with van der Waals surface area (Å²) in [7, 11) is 0. The summed E-state index contributed by atoms with van der Waals surface area (Å²) in [5, 5.41) is 8.32. The van der Waals surface area contributed by atoms with Crippen LogP contribution in [-0.2, 0) is 11.2 Å². The molecule has 0 spiro atoms. The number of halogens is 2. The second kappa shape index (κ2) is 8.50. The number of carbonyl (C=O) groups is 1. The zero-order valence-corrected chi connectivity index (χ0v) is 17.0. The number of amides is 1. The zero-order valence-electron chi connectivity index (χ0n) is 16.2. The molecular formula is C19H20F2N6O2S. The van der Waals surface area contributed by atoms with Gasteiger partial charge >= 0.3 is 0 Å². The molecule has 1 amide bonds. The molecule has 0 saturated carbocycles. The third-order valence-electron chi connectivity index (χ3n) is 5.20. The van der Waals surface area contributed by atoms with Gasteiger partial charge in [0, 0.05) is 30.4 Å². The number of aromatic nitrogens is 5. The summed E-state index contributed by atoms with van der Waals surface area (Å²) in [6, 6.07) is 5.45. The molecule has 30 heavy (non-hydrogen) atoms. The molecule has 11 heteroatoms. The molecule has 1 unspecified atom stereocenters. The van der Waals surface area contributed by atoms with Gasteiger partial charge in [0.2, 0.25) is 5.91 Å². The van der Waals surface area contributed by atoms with Crippen LogP contribution >= 0.6 is 11.8 Å². The SMILES string of the molecule is Cc1nc(SC(F)F)[nH]c(=O)c1CCC(=O)N1CCCC1c1nnc2ccccn12. The van der Waals surface area contributed by atoms with Gasteiger partial charge in [-0.25, -0.2) is 4.98 Å². The summed E-state index contributed by atoms with van der Waals surface area (Å²) in [4.78, 5) is 33.4. The average molecular weight is 434 g/mol. The first-order chi connectivity index (χ1) is 14.4. The Bertz CT molecular complexity index is 1130. The molecule has 0 aliphatic carbocycles. The molecule has 0 aromatic carbocycles. The molecule has 158 valence electrons. The van der Waals surface area contributed by atoms with Gasteiger partial charge in [0.15, 0.2) is 16.6 Å². The highest BCUT2D eigenvalue weighted by Gasteiger charge is 2.33. The Morgan fingerprint density at radius 1 is 1.37 bits per heavy atom. The molecular weight excluding hydrogens is 414 g/mol. The van der Waals surface area contributed by atoms with E-state index in [2.05, 4.69) is 20.2 Å². The average Bonchev–Trinajstić information content (AvgIpc) is 3.33. The molecule has 1 atom stereocenters. The summed E-state index contributed by atoms with van der Waals surface area (Å²) in [6.45, 7) is 2.20. The minimum absolute atomic E-state index is 0.0880. The van der Waals surface area contributed by atoms with E-state index in [-0.39, 0.29) is 41.7 Å². The second-order valence-corrected chi connectivity index (χ2v) is 8.02.